The van der Waals surface area contributed by atoms with Crippen LogP contribution in [0.5, 0.6) is 0 Å². The van der Waals surface area contributed by atoms with Crippen LogP contribution >= 0.6 is 15.9 Å². The van der Waals surface area contributed by atoms with E-state index in [1.165, 1.54) is 17.1 Å². The minimum absolute atomic E-state index is 0.159. The summed E-state index contributed by atoms with van der Waals surface area (Å²) in [6.45, 7) is 4.48. The molecule has 1 unspecified atom stereocenters. The van der Waals surface area contributed by atoms with Gasteiger partial charge < -0.3 is 0 Å². The lowest BCUT2D eigenvalue weighted by Crippen LogP contribution is -2.27. The van der Waals surface area contributed by atoms with E-state index in [2.05, 4.69) is 38.8 Å². The van der Waals surface area contributed by atoms with Gasteiger partial charge in [0.1, 0.15) is 11.6 Å². The molecule has 0 fully saturated rings. The number of hydrogen-bond donors (Lipinski definition) is 0. The smallest absolute Gasteiger partial charge is 0.243 e. The van der Waals surface area contributed by atoms with Crippen molar-refractivity contribution in [2.45, 2.75) is 31.8 Å². The van der Waals surface area contributed by atoms with E-state index in [9.17, 15) is 13.6 Å². The number of aromatic nitrogens is 2. The van der Waals surface area contributed by atoms with Gasteiger partial charge in [0.05, 0.1) is 40.4 Å². The van der Waals surface area contributed by atoms with E-state index in [4.69, 9.17) is 5.26 Å². The van der Waals surface area contributed by atoms with Crippen LogP contribution in [-0.4, -0.2) is 26.9 Å². The van der Waals surface area contributed by atoms with Crippen LogP contribution in [0.2, 0.25) is 0 Å². The van der Waals surface area contributed by atoms with Crippen LogP contribution in [0, 0.1) is 23.0 Å². The molecule has 4 rings (SSSR count). The lowest BCUT2D eigenvalue weighted by atomic mass is 10.0. The van der Waals surface area contributed by atoms with Crippen molar-refractivity contribution in [2.24, 2.45) is 5.10 Å². The molecule has 1 aliphatic heterocycles. The molecule has 0 radical (unpaired) electrons. The van der Waals surface area contributed by atoms with Gasteiger partial charge in [-0.05, 0) is 58.2 Å². The van der Waals surface area contributed by atoms with E-state index in [1.807, 2.05) is 6.07 Å². The first-order valence-corrected chi connectivity index (χ1v) is 10.7. The predicted octanol–water partition coefficient (Wildman–Crippen LogP) is 5.24. The number of benzene rings is 2. The van der Waals surface area contributed by atoms with Crippen molar-refractivity contribution in [1.29, 1.82) is 5.26 Å². The minimum Gasteiger partial charge on any atom is -0.273 e. The molecule has 1 atom stereocenters. The SMILES string of the molecule is C=C(CCC(=O)N1N=CCC1c1cc(F)c(Br)c(F)c1)Cn1ncc2cc(C#N)ccc21. The van der Waals surface area contributed by atoms with Crippen molar-refractivity contribution in [2.75, 3.05) is 0 Å². The van der Waals surface area contributed by atoms with Crippen molar-refractivity contribution >= 4 is 39.0 Å². The predicted molar refractivity (Wildman–Crippen MR) is 120 cm³/mol. The highest BCUT2D eigenvalue weighted by molar-refractivity contribution is 9.10. The molecule has 0 saturated heterocycles. The second-order valence-corrected chi connectivity index (χ2v) is 8.32. The molecule has 0 spiro atoms. The van der Waals surface area contributed by atoms with Gasteiger partial charge in [0.25, 0.3) is 0 Å². The zero-order chi connectivity index (χ0) is 22.8. The lowest BCUT2D eigenvalue weighted by molar-refractivity contribution is -0.133. The third kappa shape index (κ3) is 4.32. The standard InChI is InChI=1S/C23H18BrF2N5O/c1-14(13-30-20-4-3-15(11-27)8-17(20)12-29-30)2-5-22(32)31-21(6-7-28-31)16-9-18(25)23(24)19(26)10-16/h3-4,7-10,12,21H,1-2,5-6,13H2. The fraction of sp³-hybridized carbons (Fsp3) is 0.217. The Morgan fingerprint density at radius 2 is 2.00 bits per heavy atom. The molecule has 0 bridgehead atoms. The van der Waals surface area contributed by atoms with Crippen molar-refractivity contribution in [3.8, 4) is 6.07 Å². The van der Waals surface area contributed by atoms with Crippen LogP contribution in [0.4, 0.5) is 8.78 Å². The third-order valence-corrected chi connectivity index (χ3v) is 6.07. The quantitative estimate of drug-likeness (QED) is 0.345. The summed E-state index contributed by atoms with van der Waals surface area (Å²) < 4.78 is 29.4. The number of fused-ring (bicyclic) bond motifs is 1. The summed E-state index contributed by atoms with van der Waals surface area (Å²) in [6, 6.07) is 9.31. The number of allylic oxidation sites excluding steroid dienone is 1. The number of hydrogen-bond acceptors (Lipinski definition) is 4. The lowest BCUT2D eigenvalue weighted by Gasteiger charge is -2.23. The molecule has 0 saturated carbocycles. The number of carbonyl (C=O) groups is 1. The van der Waals surface area contributed by atoms with E-state index in [0.717, 1.165) is 16.5 Å². The number of nitriles is 1. The first-order valence-electron chi connectivity index (χ1n) is 9.88. The Morgan fingerprint density at radius 3 is 2.72 bits per heavy atom. The molecule has 0 aliphatic carbocycles. The highest BCUT2D eigenvalue weighted by Crippen LogP contribution is 2.32. The summed E-state index contributed by atoms with van der Waals surface area (Å²) in [6.07, 6.45) is 4.22. The average molecular weight is 498 g/mol. The van der Waals surface area contributed by atoms with Gasteiger partial charge in [0, 0.05) is 24.4 Å². The highest BCUT2D eigenvalue weighted by Gasteiger charge is 2.29. The van der Waals surface area contributed by atoms with Gasteiger partial charge >= 0.3 is 0 Å². The zero-order valence-corrected chi connectivity index (χ0v) is 18.5. The number of hydrazone groups is 1. The molecule has 0 N–H and O–H groups in total. The van der Waals surface area contributed by atoms with Crippen LogP contribution in [0.3, 0.4) is 0 Å². The Morgan fingerprint density at radius 1 is 1.25 bits per heavy atom. The van der Waals surface area contributed by atoms with Gasteiger partial charge in [0.15, 0.2) is 0 Å². The fourth-order valence-corrected chi connectivity index (χ4v) is 3.90. The van der Waals surface area contributed by atoms with Crippen LogP contribution in [0.1, 0.15) is 36.4 Å². The molecule has 3 aromatic rings. The number of halogens is 3. The Hall–Kier alpha value is -3.38. The Bertz CT molecular complexity index is 1270. The number of rotatable bonds is 6. The van der Waals surface area contributed by atoms with Crippen LogP contribution in [0.25, 0.3) is 10.9 Å². The van der Waals surface area contributed by atoms with Gasteiger partial charge in [0.2, 0.25) is 5.91 Å². The zero-order valence-electron chi connectivity index (χ0n) is 16.9. The molecule has 9 heteroatoms. The molecule has 1 aromatic heterocycles. The van der Waals surface area contributed by atoms with E-state index in [0.29, 0.717) is 30.5 Å². The Kier molecular flexibility index (Phi) is 6.15. The number of carbonyl (C=O) groups excluding carboxylic acids is 1. The third-order valence-electron chi connectivity index (χ3n) is 5.31. The van der Waals surface area contributed by atoms with Gasteiger partial charge in [-0.15, -0.1) is 0 Å². The van der Waals surface area contributed by atoms with Crippen molar-refractivity contribution in [3.63, 3.8) is 0 Å². The van der Waals surface area contributed by atoms with E-state index < -0.39 is 17.7 Å². The van der Waals surface area contributed by atoms with Gasteiger partial charge in [-0.3, -0.25) is 9.48 Å². The first-order chi connectivity index (χ1) is 15.4. The molecule has 2 heterocycles. The fourth-order valence-electron chi connectivity index (χ4n) is 3.67. The van der Waals surface area contributed by atoms with E-state index in [1.54, 1.807) is 29.2 Å². The maximum absolute atomic E-state index is 13.9. The molecule has 162 valence electrons. The van der Waals surface area contributed by atoms with Gasteiger partial charge in [-0.1, -0.05) is 12.2 Å². The molecule has 6 nitrogen and oxygen atoms in total. The Balaban J connectivity index is 1.39. The van der Waals surface area contributed by atoms with Crippen molar-refractivity contribution in [3.05, 3.63) is 75.9 Å². The molecular weight excluding hydrogens is 480 g/mol. The topological polar surface area (TPSA) is 74.3 Å². The summed E-state index contributed by atoms with van der Waals surface area (Å²) in [7, 11) is 0. The van der Waals surface area contributed by atoms with E-state index >= 15 is 0 Å². The normalized spacial score (nSPS) is 15.3. The maximum Gasteiger partial charge on any atom is 0.243 e. The monoisotopic (exact) mass is 497 g/mol. The molecule has 32 heavy (non-hydrogen) atoms. The van der Waals surface area contributed by atoms with Gasteiger partial charge in [-0.2, -0.15) is 15.5 Å². The molecule has 2 aromatic carbocycles. The molecule has 1 amide bonds. The second kappa shape index (κ2) is 9.01. The van der Waals surface area contributed by atoms with Crippen molar-refractivity contribution < 1.29 is 13.6 Å². The summed E-state index contributed by atoms with van der Waals surface area (Å²) in [4.78, 5) is 12.8. The van der Waals surface area contributed by atoms with Crippen LogP contribution < -0.4 is 0 Å². The summed E-state index contributed by atoms with van der Waals surface area (Å²) in [5.41, 5.74) is 2.59. The van der Waals surface area contributed by atoms with Gasteiger partial charge in [-0.25, -0.2) is 13.8 Å². The van der Waals surface area contributed by atoms with Crippen LogP contribution in [-0.2, 0) is 11.3 Å². The number of amides is 1. The summed E-state index contributed by atoms with van der Waals surface area (Å²) in [5.74, 6) is -1.69. The largest absolute Gasteiger partial charge is 0.273 e. The first kappa shape index (κ1) is 21.8. The average Bonchev–Trinajstić information content (AvgIpc) is 3.42. The van der Waals surface area contributed by atoms with Crippen LogP contribution in [0.15, 0.2) is 58.3 Å². The Labute approximate surface area is 191 Å². The molecular formula is C23H18BrF2N5O. The summed E-state index contributed by atoms with van der Waals surface area (Å²) in [5, 5.41) is 19.6. The second-order valence-electron chi connectivity index (χ2n) is 7.52. The molecule has 1 aliphatic rings. The number of nitrogens with zero attached hydrogens (tertiary/aromatic N) is 5. The maximum atomic E-state index is 13.9. The van der Waals surface area contributed by atoms with Crippen molar-refractivity contribution in [1.82, 2.24) is 14.8 Å². The highest BCUT2D eigenvalue weighted by atomic mass is 79.9. The minimum atomic E-state index is -0.721. The van der Waals surface area contributed by atoms with E-state index in [-0.39, 0.29) is 16.8 Å². The summed E-state index contributed by atoms with van der Waals surface area (Å²) >= 11 is 2.86.